The molecule has 0 saturated carbocycles. The summed E-state index contributed by atoms with van der Waals surface area (Å²) in [6.45, 7) is 5.61. The Morgan fingerprint density at radius 1 is 1.25 bits per heavy atom. The summed E-state index contributed by atoms with van der Waals surface area (Å²) in [7, 11) is 0. The van der Waals surface area contributed by atoms with Crippen LogP contribution in [-0.4, -0.2) is 26.3 Å². The molecular formula is C13H19NO2. The van der Waals surface area contributed by atoms with Crippen molar-refractivity contribution in [1.82, 2.24) is 5.32 Å². The SMILES string of the molecule is CCOc1ccccc1OC[C@@H]1CCNC1. The topological polar surface area (TPSA) is 30.5 Å². The van der Waals surface area contributed by atoms with Gasteiger partial charge in [0.1, 0.15) is 0 Å². The highest BCUT2D eigenvalue weighted by Crippen LogP contribution is 2.27. The van der Waals surface area contributed by atoms with Crippen molar-refractivity contribution < 1.29 is 9.47 Å². The van der Waals surface area contributed by atoms with Crippen LogP contribution in [0, 0.1) is 5.92 Å². The van der Waals surface area contributed by atoms with E-state index in [0.29, 0.717) is 12.5 Å². The lowest BCUT2D eigenvalue weighted by Gasteiger charge is -2.14. The Hall–Kier alpha value is -1.22. The van der Waals surface area contributed by atoms with Crippen molar-refractivity contribution in [3.63, 3.8) is 0 Å². The maximum Gasteiger partial charge on any atom is 0.161 e. The molecule has 1 aromatic rings. The smallest absolute Gasteiger partial charge is 0.161 e. The lowest BCUT2D eigenvalue weighted by molar-refractivity contribution is 0.240. The lowest BCUT2D eigenvalue weighted by Crippen LogP contribution is -2.15. The summed E-state index contributed by atoms with van der Waals surface area (Å²) in [5, 5.41) is 3.34. The summed E-state index contributed by atoms with van der Waals surface area (Å²) < 4.78 is 11.3. The van der Waals surface area contributed by atoms with Crippen molar-refractivity contribution in [2.45, 2.75) is 13.3 Å². The van der Waals surface area contributed by atoms with Crippen LogP contribution in [0.2, 0.25) is 0 Å². The van der Waals surface area contributed by atoms with E-state index in [4.69, 9.17) is 9.47 Å². The van der Waals surface area contributed by atoms with Gasteiger partial charge in [-0.05, 0) is 32.0 Å². The third kappa shape index (κ3) is 2.89. The van der Waals surface area contributed by atoms with E-state index < -0.39 is 0 Å². The first-order valence-corrected chi connectivity index (χ1v) is 5.95. The van der Waals surface area contributed by atoms with E-state index in [0.717, 1.165) is 31.2 Å². The molecule has 0 amide bonds. The molecule has 1 aromatic carbocycles. The molecule has 1 fully saturated rings. The maximum absolute atomic E-state index is 5.81. The van der Waals surface area contributed by atoms with Crippen LogP contribution >= 0.6 is 0 Å². The molecule has 1 aliphatic rings. The van der Waals surface area contributed by atoms with Crippen molar-refractivity contribution in [3.8, 4) is 11.5 Å². The molecule has 0 radical (unpaired) electrons. The molecule has 0 aliphatic carbocycles. The van der Waals surface area contributed by atoms with Crippen molar-refractivity contribution in [3.05, 3.63) is 24.3 Å². The lowest BCUT2D eigenvalue weighted by atomic mass is 10.1. The van der Waals surface area contributed by atoms with E-state index in [1.165, 1.54) is 6.42 Å². The van der Waals surface area contributed by atoms with Gasteiger partial charge in [0.05, 0.1) is 13.2 Å². The molecule has 1 N–H and O–H groups in total. The van der Waals surface area contributed by atoms with E-state index in [2.05, 4.69) is 5.32 Å². The van der Waals surface area contributed by atoms with Gasteiger partial charge in [-0.25, -0.2) is 0 Å². The standard InChI is InChI=1S/C13H19NO2/c1-2-15-12-5-3-4-6-13(12)16-10-11-7-8-14-9-11/h3-6,11,14H,2,7-10H2,1H3/t11-/m1/s1. The third-order valence-corrected chi connectivity index (χ3v) is 2.79. The van der Waals surface area contributed by atoms with Gasteiger partial charge in [0.2, 0.25) is 0 Å². The molecule has 2 rings (SSSR count). The van der Waals surface area contributed by atoms with Crippen LogP contribution < -0.4 is 14.8 Å². The molecule has 0 aromatic heterocycles. The number of para-hydroxylation sites is 2. The van der Waals surface area contributed by atoms with Gasteiger partial charge in [0, 0.05) is 12.5 Å². The Balaban J connectivity index is 1.91. The Morgan fingerprint density at radius 3 is 2.62 bits per heavy atom. The van der Waals surface area contributed by atoms with Gasteiger partial charge in [0.25, 0.3) is 0 Å². The summed E-state index contributed by atoms with van der Waals surface area (Å²) in [5.74, 6) is 2.34. The average molecular weight is 221 g/mol. The van der Waals surface area contributed by atoms with Crippen molar-refractivity contribution >= 4 is 0 Å². The van der Waals surface area contributed by atoms with Crippen LogP contribution in [0.3, 0.4) is 0 Å². The highest BCUT2D eigenvalue weighted by atomic mass is 16.5. The summed E-state index contributed by atoms with van der Waals surface area (Å²) in [6, 6.07) is 7.86. The van der Waals surface area contributed by atoms with E-state index in [1.54, 1.807) is 0 Å². The zero-order valence-corrected chi connectivity index (χ0v) is 9.74. The zero-order valence-electron chi connectivity index (χ0n) is 9.74. The molecule has 0 spiro atoms. The first kappa shape index (κ1) is 11.3. The fraction of sp³-hybridized carbons (Fsp3) is 0.538. The normalized spacial score (nSPS) is 19.7. The fourth-order valence-corrected chi connectivity index (χ4v) is 1.91. The number of benzene rings is 1. The zero-order chi connectivity index (χ0) is 11.2. The van der Waals surface area contributed by atoms with Gasteiger partial charge in [-0.3, -0.25) is 0 Å². The average Bonchev–Trinajstić information content (AvgIpc) is 2.81. The van der Waals surface area contributed by atoms with Gasteiger partial charge >= 0.3 is 0 Å². The molecule has 3 nitrogen and oxygen atoms in total. The second-order valence-electron chi connectivity index (χ2n) is 4.05. The molecular weight excluding hydrogens is 202 g/mol. The van der Waals surface area contributed by atoms with Crippen molar-refractivity contribution in [1.29, 1.82) is 0 Å². The van der Waals surface area contributed by atoms with Gasteiger partial charge in [-0.1, -0.05) is 12.1 Å². The minimum Gasteiger partial charge on any atom is -0.490 e. The predicted octanol–water partition coefficient (Wildman–Crippen LogP) is 2.07. The molecule has 16 heavy (non-hydrogen) atoms. The number of hydrogen-bond acceptors (Lipinski definition) is 3. The molecule has 0 bridgehead atoms. The molecule has 1 saturated heterocycles. The Kier molecular flexibility index (Phi) is 4.05. The number of nitrogens with one attached hydrogen (secondary N) is 1. The van der Waals surface area contributed by atoms with E-state index in [9.17, 15) is 0 Å². The van der Waals surface area contributed by atoms with Crippen LogP contribution in [0.25, 0.3) is 0 Å². The largest absolute Gasteiger partial charge is 0.490 e. The molecule has 88 valence electrons. The van der Waals surface area contributed by atoms with E-state index in [1.807, 2.05) is 31.2 Å². The van der Waals surface area contributed by atoms with Gasteiger partial charge in [0.15, 0.2) is 11.5 Å². The summed E-state index contributed by atoms with van der Waals surface area (Å²) in [4.78, 5) is 0. The van der Waals surface area contributed by atoms with Crippen LogP contribution in [0.15, 0.2) is 24.3 Å². The van der Waals surface area contributed by atoms with Crippen molar-refractivity contribution in [2.75, 3.05) is 26.3 Å². The summed E-state index contributed by atoms with van der Waals surface area (Å²) in [5.41, 5.74) is 0. The van der Waals surface area contributed by atoms with Crippen LogP contribution in [0.4, 0.5) is 0 Å². The third-order valence-electron chi connectivity index (χ3n) is 2.79. The Labute approximate surface area is 96.8 Å². The Morgan fingerprint density at radius 2 is 2.00 bits per heavy atom. The molecule has 1 atom stereocenters. The predicted molar refractivity (Wildman–Crippen MR) is 64.1 cm³/mol. The number of hydrogen-bond donors (Lipinski definition) is 1. The van der Waals surface area contributed by atoms with Crippen LogP contribution in [0.5, 0.6) is 11.5 Å². The van der Waals surface area contributed by atoms with Gasteiger partial charge in [-0.2, -0.15) is 0 Å². The van der Waals surface area contributed by atoms with Crippen LogP contribution in [0.1, 0.15) is 13.3 Å². The Bertz CT molecular complexity index is 321. The van der Waals surface area contributed by atoms with Crippen molar-refractivity contribution in [2.24, 2.45) is 5.92 Å². The second-order valence-corrected chi connectivity index (χ2v) is 4.05. The minimum absolute atomic E-state index is 0.634. The first-order chi connectivity index (χ1) is 7.90. The van der Waals surface area contributed by atoms with E-state index >= 15 is 0 Å². The molecule has 1 heterocycles. The highest BCUT2D eigenvalue weighted by molar-refractivity contribution is 5.39. The quantitative estimate of drug-likeness (QED) is 0.825. The van der Waals surface area contributed by atoms with Gasteiger partial charge in [-0.15, -0.1) is 0 Å². The number of rotatable bonds is 5. The number of ether oxygens (including phenoxy) is 2. The molecule has 3 heteroatoms. The molecule has 1 aliphatic heterocycles. The van der Waals surface area contributed by atoms with E-state index in [-0.39, 0.29) is 0 Å². The maximum atomic E-state index is 5.81. The summed E-state index contributed by atoms with van der Waals surface area (Å²) >= 11 is 0. The highest BCUT2D eigenvalue weighted by Gasteiger charge is 2.15. The second kappa shape index (κ2) is 5.75. The van der Waals surface area contributed by atoms with Crippen LogP contribution in [-0.2, 0) is 0 Å². The first-order valence-electron chi connectivity index (χ1n) is 5.95. The van der Waals surface area contributed by atoms with Gasteiger partial charge < -0.3 is 14.8 Å². The minimum atomic E-state index is 0.634. The molecule has 0 unspecified atom stereocenters. The summed E-state index contributed by atoms with van der Waals surface area (Å²) in [6.07, 6.45) is 1.21. The fourth-order valence-electron chi connectivity index (χ4n) is 1.91. The monoisotopic (exact) mass is 221 g/mol.